The third-order valence-electron chi connectivity index (χ3n) is 10.3. The summed E-state index contributed by atoms with van der Waals surface area (Å²) in [4.78, 5) is 145. The molecule has 75 heavy (non-hydrogen) atoms. The van der Waals surface area contributed by atoms with E-state index in [1.165, 1.54) is 36.5 Å². The smallest absolute Gasteiger partial charge is 0.327 e. The van der Waals surface area contributed by atoms with Crippen molar-refractivity contribution in [3.63, 3.8) is 0 Å². The number of benzene rings is 1. The number of carbonyl (C=O) groups is 9. The van der Waals surface area contributed by atoms with Crippen molar-refractivity contribution in [2.45, 2.75) is 86.7 Å². The molecule has 1 aromatic carbocycles. The first-order valence-electron chi connectivity index (χ1n) is 22.1. The number of allylic oxidation sites excluding steroid dienone is 1. The second kappa shape index (κ2) is 27.4. The second-order valence-electron chi connectivity index (χ2n) is 16.0. The van der Waals surface area contributed by atoms with E-state index in [9.17, 15) is 78.6 Å². The van der Waals surface area contributed by atoms with Gasteiger partial charge in [0.05, 0.1) is 36.2 Å². The van der Waals surface area contributed by atoms with Crippen molar-refractivity contribution in [2.75, 3.05) is 23.3 Å². The standard InChI is InChI=1S/C43H53N15O16S/c1-2-12-58-29(60)15-27(39(58)70)75-18-26(41(73)74)55-37(68)25(14-31(63)64)54-35(66)22(4-3-11-47-42(44)45)52-36(67)24(13-30(61)62)51-28(59)10-9-23(40(71)72)53-34(65)19-5-7-20(8-6-19)48-16-21-17-49-33-32(50-21)38(69)57-43(46)56-33/h2,5-8,15,17,22-26,48,60,70H,1,3-4,9-14,16,18H2,(H,51,59)(H,52,67)(H,53,65)(H,54,66)(H,55,68)(H,61,62)(H,63,64)(H,71,72)(H,73,74)(H4,44,45,47)(H3,46,49,56,57,69)/t22-,23-,24-,25-,26-/m0/s1. The average Bonchev–Trinajstić information content (AvgIpc) is 3.60. The zero-order valence-electron chi connectivity index (χ0n) is 39.3. The summed E-state index contributed by atoms with van der Waals surface area (Å²) in [5.74, 6) is -13.9. The number of aromatic hydroxyl groups is 2. The van der Waals surface area contributed by atoms with Gasteiger partial charge in [-0.25, -0.2) is 19.6 Å². The van der Waals surface area contributed by atoms with Gasteiger partial charge in [-0.1, -0.05) is 6.08 Å². The van der Waals surface area contributed by atoms with Crippen LogP contribution in [0.5, 0.6) is 11.8 Å². The number of nitrogens with two attached hydrogens (primary N) is 3. The topological polar surface area (TPSA) is 514 Å². The van der Waals surface area contributed by atoms with Crippen molar-refractivity contribution < 1.29 is 73.8 Å². The van der Waals surface area contributed by atoms with Gasteiger partial charge in [0.1, 0.15) is 30.2 Å². The molecule has 4 rings (SSSR count). The van der Waals surface area contributed by atoms with E-state index in [-0.39, 0.29) is 71.9 Å². The first-order chi connectivity index (χ1) is 35.4. The van der Waals surface area contributed by atoms with Crippen LogP contribution in [0.3, 0.4) is 0 Å². The highest BCUT2D eigenvalue weighted by Gasteiger charge is 2.34. The number of carboxylic acid groups (broad SMARTS) is 4. The van der Waals surface area contributed by atoms with Crippen LogP contribution in [0.4, 0.5) is 11.6 Å². The van der Waals surface area contributed by atoms with Crippen molar-refractivity contribution in [2.24, 2.45) is 16.5 Å². The van der Waals surface area contributed by atoms with E-state index in [4.69, 9.17) is 17.2 Å². The zero-order chi connectivity index (χ0) is 55.5. The third-order valence-corrected chi connectivity index (χ3v) is 11.4. The van der Waals surface area contributed by atoms with E-state index in [0.717, 1.165) is 10.6 Å². The van der Waals surface area contributed by atoms with Gasteiger partial charge in [-0.3, -0.25) is 52.9 Å². The van der Waals surface area contributed by atoms with E-state index in [0.29, 0.717) is 23.1 Å². The van der Waals surface area contributed by atoms with Crippen LogP contribution in [0.25, 0.3) is 11.2 Å². The van der Waals surface area contributed by atoms with Crippen LogP contribution in [0.2, 0.25) is 0 Å². The van der Waals surface area contributed by atoms with Gasteiger partial charge in [-0.2, -0.15) is 4.98 Å². The first kappa shape index (κ1) is 58.1. The van der Waals surface area contributed by atoms with Crippen LogP contribution < -0.4 is 54.7 Å². The molecule has 0 bridgehead atoms. The number of nitrogens with one attached hydrogen (secondary N) is 7. The Labute approximate surface area is 426 Å². The van der Waals surface area contributed by atoms with E-state index < -0.39 is 126 Å². The minimum atomic E-state index is -1.99. The SMILES string of the molecule is C=CCn1c(O)cc(SC[C@H](NC(=O)[C@H](CC(=O)O)NC(=O)[C@H](CCCN=C(N)N)NC(=O)[C@H](CC(=O)O)NC(=O)CC[C@H](NC(=O)c2ccc(NCc3cnc4nc(N)[nH]c(=O)c4n3)cc2)C(=O)O)C(=O)O)c1O. The number of aromatic amines is 1. The third kappa shape index (κ3) is 17.9. The number of nitrogens with zero attached hydrogens (tertiary/aromatic N) is 5. The lowest BCUT2D eigenvalue weighted by Gasteiger charge is -2.25. The van der Waals surface area contributed by atoms with E-state index in [1.54, 1.807) is 0 Å². The maximum Gasteiger partial charge on any atom is 0.327 e. The van der Waals surface area contributed by atoms with E-state index in [2.05, 4.69) is 63.4 Å². The monoisotopic (exact) mass is 1070 g/mol. The molecule has 0 aliphatic carbocycles. The summed E-state index contributed by atoms with van der Waals surface area (Å²) in [6.07, 6.45) is -1.12. The van der Waals surface area contributed by atoms with Crippen LogP contribution >= 0.6 is 11.8 Å². The van der Waals surface area contributed by atoms with Crippen molar-refractivity contribution in [3.8, 4) is 11.8 Å². The molecule has 32 heteroatoms. The number of hydrogen-bond acceptors (Lipinski definition) is 19. The van der Waals surface area contributed by atoms with Gasteiger partial charge < -0.3 is 79.7 Å². The summed E-state index contributed by atoms with van der Waals surface area (Å²) in [7, 11) is 0. The van der Waals surface area contributed by atoms with Crippen LogP contribution in [-0.4, -0.2) is 157 Å². The zero-order valence-corrected chi connectivity index (χ0v) is 40.2. The highest BCUT2D eigenvalue weighted by Crippen LogP contribution is 2.35. The van der Waals surface area contributed by atoms with Gasteiger partial charge in [0, 0.05) is 42.6 Å². The van der Waals surface area contributed by atoms with Crippen LogP contribution in [-0.2, 0) is 51.4 Å². The molecular formula is C43H53N15O16S. The predicted molar refractivity (Wildman–Crippen MR) is 263 cm³/mol. The summed E-state index contributed by atoms with van der Waals surface area (Å²) >= 11 is 0.702. The maximum atomic E-state index is 13.7. The molecule has 0 saturated heterocycles. The molecule has 3 aromatic heterocycles. The summed E-state index contributed by atoms with van der Waals surface area (Å²) in [6.45, 7) is 3.46. The Morgan fingerprint density at radius 2 is 1.40 bits per heavy atom. The number of aliphatic carboxylic acids is 4. The number of anilines is 2. The van der Waals surface area contributed by atoms with Gasteiger partial charge in [-0.15, -0.1) is 18.3 Å². The van der Waals surface area contributed by atoms with E-state index >= 15 is 0 Å². The van der Waals surface area contributed by atoms with E-state index in [1.807, 2.05) is 0 Å². The second-order valence-corrected chi connectivity index (χ2v) is 17.1. The van der Waals surface area contributed by atoms with Gasteiger partial charge in [0.25, 0.3) is 11.5 Å². The number of thioether (sulfide) groups is 1. The quantitative estimate of drug-likeness (QED) is 0.00818. The number of H-pyrrole nitrogens is 1. The summed E-state index contributed by atoms with van der Waals surface area (Å²) in [5.41, 5.74) is 16.6. The molecule has 0 saturated carbocycles. The Morgan fingerprint density at radius 1 is 0.800 bits per heavy atom. The molecule has 0 spiro atoms. The molecule has 31 nitrogen and oxygen atoms in total. The van der Waals surface area contributed by atoms with Gasteiger partial charge in [0.15, 0.2) is 23.0 Å². The fourth-order valence-corrected chi connectivity index (χ4v) is 7.65. The van der Waals surface area contributed by atoms with Gasteiger partial charge in [0.2, 0.25) is 35.5 Å². The number of fused-ring (bicyclic) bond motifs is 1. The number of hydrogen-bond donors (Lipinski definition) is 16. The minimum absolute atomic E-state index is 0.00870. The van der Waals surface area contributed by atoms with Crippen LogP contribution in [0, 0.1) is 0 Å². The number of carboxylic acids is 4. The lowest BCUT2D eigenvalue weighted by Crippen LogP contribution is -2.58. The summed E-state index contributed by atoms with van der Waals surface area (Å²) in [5, 5.41) is 73.4. The molecule has 0 unspecified atom stereocenters. The predicted octanol–water partition coefficient (Wildman–Crippen LogP) is -2.91. The number of nitrogen functional groups attached to an aromatic ring is 1. The summed E-state index contributed by atoms with van der Waals surface area (Å²) < 4.78 is 1.05. The number of aromatic nitrogens is 5. The molecule has 402 valence electrons. The Bertz CT molecular complexity index is 2890. The largest absolute Gasteiger partial charge is 0.494 e. The number of rotatable bonds is 30. The van der Waals surface area contributed by atoms with Crippen molar-refractivity contribution in [3.05, 3.63) is 70.8 Å². The molecule has 0 fully saturated rings. The molecule has 0 aliphatic heterocycles. The number of guanidine groups is 1. The molecule has 4 aromatic rings. The number of aliphatic imine (C=N–C) groups is 1. The highest BCUT2D eigenvalue weighted by molar-refractivity contribution is 7.99. The van der Waals surface area contributed by atoms with Crippen molar-refractivity contribution in [1.82, 2.24) is 51.1 Å². The highest BCUT2D eigenvalue weighted by atomic mass is 32.2. The van der Waals surface area contributed by atoms with Crippen molar-refractivity contribution in [1.29, 1.82) is 0 Å². The normalized spacial score (nSPS) is 12.9. The van der Waals surface area contributed by atoms with Crippen molar-refractivity contribution >= 4 is 93.9 Å². The van der Waals surface area contributed by atoms with Crippen LogP contribution in [0.15, 0.2) is 63.9 Å². The van der Waals surface area contributed by atoms with Crippen LogP contribution in [0.1, 0.15) is 54.6 Å². The average molecular weight is 1070 g/mol. The molecular weight excluding hydrogens is 1010 g/mol. The van der Waals surface area contributed by atoms with Gasteiger partial charge in [-0.05, 0) is 43.5 Å². The molecule has 3 heterocycles. The Kier molecular flexibility index (Phi) is 21.2. The molecule has 0 aliphatic rings. The lowest BCUT2D eigenvalue weighted by atomic mass is 10.1. The Morgan fingerprint density at radius 3 is 2.00 bits per heavy atom. The minimum Gasteiger partial charge on any atom is -0.494 e. The lowest BCUT2D eigenvalue weighted by molar-refractivity contribution is -0.143. The number of amides is 5. The first-order valence-corrected chi connectivity index (χ1v) is 23.1. The molecule has 19 N–H and O–H groups in total. The maximum absolute atomic E-state index is 13.7. The fourth-order valence-electron chi connectivity index (χ4n) is 6.65. The summed E-state index contributed by atoms with van der Waals surface area (Å²) in [6, 6.07) is -2.24. The van der Waals surface area contributed by atoms with Gasteiger partial charge >= 0.3 is 23.9 Å². The fraction of sp³-hybridized carbons (Fsp3) is 0.349. The molecule has 5 atom stereocenters. The Balaban J connectivity index is 1.40. The molecule has 5 amide bonds. The Hall–Kier alpha value is -9.49. The number of carbonyl (C=O) groups excluding carboxylic acids is 5. The molecule has 0 radical (unpaired) electrons.